The standard InChI is InChI=1S/C7H12N4O/c1-10-3-4-11-7(10)5(8)6(9-11)12-2/h3-4,8H2,1-2H3. The molecular weight excluding hydrogens is 156 g/mol. The molecule has 5 heteroatoms. The van der Waals surface area contributed by atoms with E-state index in [1.807, 2.05) is 11.7 Å². The maximum Gasteiger partial charge on any atom is 0.258 e. The Morgan fingerprint density at radius 1 is 1.50 bits per heavy atom. The van der Waals surface area contributed by atoms with Crippen molar-refractivity contribution in [2.45, 2.75) is 6.54 Å². The third-order valence-corrected chi connectivity index (χ3v) is 2.13. The molecule has 0 radical (unpaired) electrons. The van der Waals surface area contributed by atoms with Crippen LogP contribution in [0.15, 0.2) is 0 Å². The average molecular weight is 168 g/mol. The summed E-state index contributed by atoms with van der Waals surface area (Å²) >= 11 is 0. The molecule has 1 aromatic heterocycles. The van der Waals surface area contributed by atoms with Crippen LogP contribution in [0.4, 0.5) is 11.5 Å². The van der Waals surface area contributed by atoms with Gasteiger partial charge in [0.25, 0.3) is 5.88 Å². The zero-order chi connectivity index (χ0) is 8.72. The fourth-order valence-corrected chi connectivity index (χ4v) is 1.51. The Balaban J connectivity index is 2.51. The summed E-state index contributed by atoms with van der Waals surface area (Å²) in [7, 11) is 3.57. The van der Waals surface area contributed by atoms with Gasteiger partial charge in [-0.15, -0.1) is 5.10 Å². The fraction of sp³-hybridized carbons (Fsp3) is 0.571. The molecule has 0 saturated heterocycles. The van der Waals surface area contributed by atoms with Crippen LogP contribution in [0.2, 0.25) is 0 Å². The Labute approximate surface area is 70.7 Å². The summed E-state index contributed by atoms with van der Waals surface area (Å²) < 4.78 is 6.88. The van der Waals surface area contributed by atoms with Crippen LogP contribution in [0.1, 0.15) is 0 Å². The zero-order valence-electron chi connectivity index (χ0n) is 7.24. The molecule has 0 saturated carbocycles. The molecule has 0 aliphatic carbocycles. The minimum absolute atomic E-state index is 0.525. The maximum absolute atomic E-state index is 5.81. The van der Waals surface area contributed by atoms with E-state index in [1.165, 1.54) is 0 Å². The van der Waals surface area contributed by atoms with E-state index in [9.17, 15) is 0 Å². The Bertz CT molecular complexity index is 307. The smallest absolute Gasteiger partial charge is 0.258 e. The van der Waals surface area contributed by atoms with Gasteiger partial charge in [-0.3, -0.25) is 0 Å². The number of nitrogen functional groups attached to an aromatic ring is 1. The van der Waals surface area contributed by atoms with Crippen LogP contribution in [0.5, 0.6) is 5.88 Å². The second-order valence-electron chi connectivity index (χ2n) is 2.89. The van der Waals surface area contributed by atoms with Crippen molar-refractivity contribution < 1.29 is 4.74 Å². The summed E-state index contributed by atoms with van der Waals surface area (Å²) in [5.74, 6) is 1.49. The minimum atomic E-state index is 0.525. The largest absolute Gasteiger partial charge is 0.478 e. The number of likely N-dealkylation sites (N-methyl/N-ethyl adjacent to an activating group) is 1. The van der Waals surface area contributed by atoms with Gasteiger partial charge in [-0.1, -0.05) is 0 Å². The van der Waals surface area contributed by atoms with Gasteiger partial charge >= 0.3 is 0 Å². The average Bonchev–Trinajstić information content (AvgIpc) is 2.55. The van der Waals surface area contributed by atoms with Gasteiger partial charge in [0, 0.05) is 13.6 Å². The molecule has 2 rings (SSSR count). The van der Waals surface area contributed by atoms with Gasteiger partial charge in [0.05, 0.1) is 13.7 Å². The fourth-order valence-electron chi connectivity index (χ4n) is 1.51. The third kappa shape index (κ3) is 0.760. The summed E-state index contributed by atoms with van der Waals surface area (Å²) in [6.07, 6.45) is 0. The van der Waals surface area contributed by atoms with Gasteiger partial charge in [-0.05, 0) is 0 Å². The number of methoxy groups -OCH3 is 1. The number of nitrogens with zero attached hydrogens (tertiary/aromatic N) is 3. The second kappa shape index (κ2) is 2.30. The summed E-state index contributed by atoms with van der Waals surface area (Å²) in [4.78, 5) is 2.07. The topological polar surface area (TPSA) is 56.3 Å². The number of rotatable bonds is 1. The van der Waals surface area contributed by atoms with Gasteiger partial charge in [-0.2, -0.15) is 0 Å². The first-order chi connectivity index (χ1) is 5.74. The van der Waals surface area contributed by atoms with Gasteiger partial charge < -0.3 is 15.4 Å². The van der Waals surface area contributed by atoms with Crippen LogP contribution < -0.4 is 15.4 Å². The molecule has 0 bridgehead atoms. The lowest BCUT2D eigenvalue weighted by Gasteiger charge is -2.08. The normalized spacial score (nSPS) is 15.0. The lowest BCUT2D eigenvalue weighted by molar-refractivity contribution is 0.391. The van der Waals surface area contributed by atoms with E-state index >= 15 is 0 Å². The van der Waals surface area contributed by atoms with Crippen molar-refractivity contribution in [1.82, 2.24) is 9.78 Å². The summed E-state index contributed by atoms with van der Waals surface area (Å²) in [5, 5.41) is 4.19. The molecule has 5 nitrogen and oxygen atoms in total. The molecule has 0 amide bonds. The number of hydrogen-bond acceptors (Lipinski definition) is 4. The quantitative estimate of drug-likeness (QED) is 0.637. The zero-order valence-corrected chi connectivity index (χ0v) is 7.24. The van der Waals surface area contributed by atoms with Crippen molar-refractivity contribution in [3.63, 3.8) is 0 Å². The Hall–Kier alpha value is -1.39. The molecule has 0 atom stereocenters. The van der Waals surface area contributed by atoms with E-state index < -0.39 is 0 Å². The highest BCUT2D eigenvalue weighted by molar-refractivity contribution is 5.70. The minimum Gasteiger partial charge on any atom is -0.478 e. The van der Waals surface area contributed by atoms with Gasteiger partial charge in [0.2, 0.25) is 0 Å². The van der Waals surface area contributed by atoms with Crippen molar-refractivity contribution in [2.75, 3.05) is 31.3 Å². The van der Waals surface area contributed by atoms with E-state index in [2.05, 4.69) is 10.00 Å². The molecule has 2 N–H and O–H groups in total. The van der Waals surface area contributed by atoms with Crippen molar-refractivity contribution >= 4 is 11.5 Å². The summed E-state index contributed by atoms with van der Waals surface area (Å²) in [6, 6.07) is 0. The van der Waals surface area contributed by atoms with E-state index in [4.69, 9.17) is 10.5 Å². The molecule has 12 heavy (non-hydrogen) atoms. The van der Waals surface area contributed by atoms with Crippen LogP contribution in [0.25, 0.3) is 0 Å². The molecule has 1 aliphatic heterocycles. The maximum atomic E-state index is 5.81. The predicted molar refractivity (Wildman–Crippen MR) is 46.5 cm³/mol. The van der Waals surface area contributed by atoms with Gasteiger partial charge in [0.15, 0.2) is 5.82 Å². The number of nitrogens with two attached hydrogens (primary N) is 1. The molecule has 1 aliphatic rings. The molecule has 2 heterocycles. The van der Waals surface area contributed by atoms with E-state index in [0.717, 1.165) is 18.9 Å². The molecule has 0 fully saturated rings. The van der Waals surface area contributed by atoms with Crippen LogP contribution in [0.3, 0.4) is 0 Å². The number of anilines is 2. The molecule has 66 valence electrons. The number of hydrogen-bond donors (Lipinski definition) is 1. The van der Waals surface area contributed by atoms with Gasteiger partial charge in [0.1, 0.15) is 5.69 Å². The molecule has 1 aromatic rings. The van der Waals surface area contributed by atoms with Crippen molar-refractivity contribution in [1.29, 1.82) is 0 Å². The Morgan fingerprint density at radius 3 is 2.83 bits per heavy atom. The SMILES string of the molecule is COc1nn2c(c1N)N(C)CC2. The molecule has 0 unspecified atom stereocenters. The predicted octanol–water partition coefficient (Wildman–Crippen LogP) is -0.0763. The van der Waals surface area contributed by atoms with Crippen LogP contribution in [-0.4, -0.2) is 30.5 Å². The lowest BCUT2D eigenvalue weighted by atomic mass is 10.5. The number of ether oxygens (including phenoxy) is 1. The number of fused-ring (bicyclic) bond motifs is 1. The van der Waals surface area contributed by atoms with E-state index in [0.29, 0.717) is 11.6 Å². The third-order valence-electron chi connectivity index (χ3n) is 2.13. The monoisotopic (exact) mass is 168 g/mol. The van der Waals surface area contributed by atoms with Crippen LogP contribution in [0, 0.1) is 0 Å². The van der Waals surface area contributed by atoms with Crippen molar-refractivity contribution in [3.05, 3.63) is 0 Å². The summed E-state index contributed by atoms with van der Waals surface area (Å²) in [6.45, 7) is 1.86. The first-order valence-corrected chi connectivity index (χ1v) is 3.85. The highest BCUT2D eigenvalue weighted by Gasteiger charge is 2.23. The van der Waals surface area contributed by atoms with Crippen LogP contribution in [-0.2, 0) is 6.54 Å². The number of aromatic nitrogens is 2. The molecule has 0 spiro atoms. The van der Waals surface area contributed by atoms with E-state index in [1.54, 1.807) is 7.11 Å². The Kier molecular flexibility index (Phi) is 1.39. The Morgan fingerprint density at radius 2 is 2.25 bits per heavy atom. The first kappa shape index (κ1) is 7.27. The van der Waals surface area contributed by atoms with E-state index in [-0.39, 0.29) is 0 Å². The summed E-state index contributed by atoms with van der Waals surface area (Å²) in [5.41, 5.74) is 6.44. The first-order valence-electron chi connectivity index (χ1n) is 3.85. The second-order valence-corrected chi connectivity index (χ2v) is 2.89. The van der Waals surface area contributed by atoms with Crippen LogP contribution >= 0.6 is 0 Å². The molecular formula is C7H12N4O. The van der Waals surface area contributed by atoms with Gasteiger partial charge in [-0.25, -0.2) is 4.68 Å². The van der Waals surface area contributed by atoms with Crippen molar-refractivity contribution in [3.8, 4) is 5.88 Å². The van der Waals surface area contributed by atoms with Crippen molar-refractivity contribution in [2.24, 2.45) is 0 Å². The molecule has 0 aromatic carbocycles. The highest BCUT2D eigenvalue weighted by atomic mass is 16.5. The highest BCUT2D eigenvalue weighted by Crippen LogP contribution is 2.33. The lowest BCUT2D eigenvalue weighted by Crippen LogP contribution is -2.14.